The molecule has 0 spiro atoms. The fraction of sp³-hybridized carbons (Fsp3) is 0.538. The number of ether oxygens (including phenoxy) is 1. The van der Waals surface area contributed by atoms with Crippen LogP contribution in [-0.4, -0.2) is 13.7 Å². The molecule has 0 saturated heterocycles. The van der Waals surface area contributed by atoms with Crippen molar-refractivity contribution >= 4 is 0 Å². The number of aryl methyl sites for hydroxylation is 2. The van der Waals surface area contributed by atoms with Crippen LogP contribution in [0, 0.1) is 13.8 Å². The highest BCUT2D eigenvalue weighted by atomic mass is 16.5. The number of benzene rings is 1. The third-order valence-corrected chi connectivity index (χ3v) is 3.35. The van der Waals surface area contributed by atoms with E-state index in [1.165, 1.54) is 11.1 Å². The second-order valence-electron chi connectivity index (χ2n) is 4.35. The van der Waals surface area contributed by atoms with Crippen molar-refractivity contribution in [1.82, 2.24) is 0 Å². The first-order valence-electron chi connectivity index (χ1n) is 5.63. The molecule has 0 aromatic heterocycles. The molecule has 3 nitrogen and oxygen atoms in total. The van der Waals surface area contributed by atoms with Gasteiger partial charge in [0.05, 0.1) is 12.6 Å². The average Bonchev–Trinajstić information content (AvgIpc) is 2.31. The van der Waals surface area contributed by atoms with Gasteiger partial charge in [-0.2, -0.15) is 0 Å². The fourth-order valence-electron chi connectivity index (χ4n) is 1.79. The molecule has 0 aliphatic heterocycles. The summed E-state index contributed by atoms with van der Waals surface area (Å²) < 4.78 is 5.40. The van der Waals surface area contributed by atoms with Crippen LogP contribution >= 0.6 is 0 Å². The van der Waals surface area contributed by atoms with E-state index in [1.807, 2.05) is 13.0 Å². The summed E-state index contributed by atoms with van der Waals surface area (Å²) in [5, 5.41) is 0. The maximum Gasteiger partial charge on any atom is 0.124 e. The summed E-state index contributed by atoms with van der Waals surface area (Å²) in [6.07, 6.45) is 0.794. The minimum atomic E-state index is -0.496. The highest BCUT2D eigenvalue weighted by molar-refractivity contribution is 5.45. The maximum absolute atomic E-state index is 6.31. The molecule has 1 atom stereocenters. The van der Waals surface area contributed by atoms with Gasteiger partial charge < -0.3 is 16.2 Å². The molecule has 3 heteroatoms. The summed E-state index contributed by atoms with van der Waals surface area (Å²) in [6.45, 7) is 6.60. The molecule has 90 valence electrons. The number of nitrogens with two attached hydrogens (primary N) is 2. The van der Waals surface area contributed by atoms with Crippen LogP contribution in [0.5, 0.6) is 5.75 Å². The SMILES string of the molecule is CCC(N)(CN)c1cc(C)c(C)cc1OC. The van der Waals surface area contributed by atoms with Gasteiger partial charge in [-0.05, 0) is 37.5 Å². The van der Waals surface area contributed by atoms with Crippen molar-refractivity contribution in [3.63, 3.8) is 0 Å². The van der Waals surface area contributed by atoms with Crippen molar-refractivity contribution in [3.8, 4) is 5.75 Å². The van der Waals surface area contributed by atoms with Gasteiger partial charge in [-0.15, -0.1) is 0 Å². The predicted molar refractivity (Wildman–Crippen MR) is 67.7 cm³/mol. The Bertz CT molecular complexity index is 370. The molecular weight excluding hydrogens is 200 g/mol. The van der Waals surface area contributed by atoms with Gasteiger partial charge in [0.2, 0.25) is 0 Å². The molecule has 1 aromatic rings. The number of hydrogen-bond donors (Lipinski definition) is 2. The summed E-state index contributed by atoms with van der Waals surface area (Å²) >= 11 is 0. The lowest BCUT2D eigenvalue weighted by Crippen LogP contribution is -2.43. The second-order valence-corrected chi connectivity index (χ2v) is 4.35. The number of methoxy groups -OCH3 is 1. The highest BCUT2D eigenvalue weighted by Crippen LogP contribution is 2.32. The van der Waals surface area contributed by atoms with Crippen molar-refractivity contribution in [3.05, 3.63) is 28.8 Å². The molecule has 0 amide bonds. The average molecular weight is 222 g/mol. The zero-order chi connectivity index (χ0) is 12.3. The molecule has 1 rings (SSSR count). The molecule has 1 aromatic carbocycles. The normalized spacial score (nSPS) is 14.6. The van der Waals surface area contributed by atoms with Crippen LogP contribution < -0.4 is 16.2 Å². The van der Waals surface area contributed by atoms with Gasteiger partial charge >= 0.3 is 0 Å². The largest absolute Gasteiger partial charge is 0.496 e. The van der Waals surface area contributed by atoms with Crippen LogP contribution in [0.4, 0.5) is 0 Å². The van der Waals surface area contributed by atoms with E-state index < -0.39 is 5.54 Å². The highest BCUT2D eigenvalue weighted by Gasteiger charge is 2.27. The van der Waals surface area contributed by atoms with Crippen molar-refractivity contribution in [1.29, 1.82) is 0 Å². The molecule has 0 aliphatic rings. The van der Waals surface area contributed by atoms with Crippen molar-refractivity contribution in [2.24, 2.45) is 11.5 Å². The van der Waals surface area contributed by atoms with Crippen molar-refractivity contribution < 1.29 is 4.74 Å². The van der Waals surface area contributed by atoms with Gasteiger partial charge in [0.1, 0.15) is 5.75 Å². The topological polar surface area (TPSA) is 61.3 Å². The fourth-order valence-corrected chi connectivity index (χ4v) is 1.79. The summed E-state index contributed by atoms with van der Waals surface area (Å²) in [5.74, 6) is 0.831. The quantitative estimate of drug-likeness (QED) is 0.817. The van der Waals surface area contributed by atoms with Gasteiger partial charge in [0.25, 0.3) is 0 Å². The molecule has 4 N–H and O–H groups in total. The van der Waals surface area contributed by atoms with Gasteiger partial charge in [-0.3, -0.25) is 0 Å². The standard InChI is InChI=1S/C13H22N2O/c1-5-13(15,8-14)11-6-9(2)10(3)7-12(11)16-4/h6-7H,5,8,14-15H2,1-4H3. The predicted octanol–water partition coefficient (Wildman–Crippen LogP) is 1.83. The Hall–Kier alpha value is -1.06. The molecular formula is C13H22N2O. The third kappa shape index (κ3) is 2.20. The molecule has 0 heterocycles. The van der Waals surface area contributed by atoms with Gasteiger partial charge in [-0.25, -0.2) is 0 Å². The summed E-state index contributed by atoms with van der Waals surface area (Å²) in [6, 6.07) is 4.11. The Morgan fingerprint density at radius 1 is 1.25 bits per heavy atom. The minimum absolute atomic E-state index is 0.419. The number of rotatable bonds is 4. The van der Waals surface area contributed by atoms with Crippen LogP contribution in [0.25, 0.3) is 0 Å². The molecule has 16 heavy (non-hydrogen) atoms. The van der Waals surface area contributed by atoms with E-state index >= 15 is 0 Å². The van der Waals surface area contributed by atoms with E-state index in [2.05, 4.69) is 19.9 Å². The lowest BCUT2D eigenvalue weighted by atomic mass is 9.86. The monoisotopic (exact) mass is 222 g/mol. The smallest absolute Gasteiger partial charge is 0.124 e. The first-order valence-corrected chi connectivity index (χ1v) is 5.63. The summed E-state index contributed by atoms with van der Waals surface area (Å²) in [7, 11) is 1.67. The van der Waals surface area contributed by atoms with Crippen LogP contribution in [0.1, 0.15) is 30.0 Å². The van der Waals surface area contributed by atoms with Crippen LogP contribution in [0.2, 0.25) is 0 Å². The van der Waals surface area contributed by atoms with Gasteiger partial charge in [0.15, 0.2) is 0 Å². The Balaban J connectivity index is 3.36. The third-order valence-electron chi connectivity index (χ3n) is 3.35. The molecule has 0 saturated carbocycles. The molecule has 0 bridgehead atoms. The summed E-state index contributed by atoms with van der Waals surface area (Å²) in [4.78, 5) is 0. The zero-order valence-corrected chi connectivity index (χ0v) is 10.6. The molecule has 1 unspecified atom stereocenters. The van der Waals surface area contributed by atoms with E-state index in [-0.39, 0.29) is 0 Å². The van der Waals surface area contributed by atoms with E-state index in [0.717, 1.165) is 17.7 Å². The van der Waals surface area contributed by atoms with Crippen LogP contribution in [0.3, 0.4) is 0 Å². The van der Waals surface area contributed by atoms with Crippen LogP contribution in [0.15, 0.2) is 12.1 Å². The molecule has 0 aliphatic carbocycles. The van der Waals surface area contributed by atoms with Crippen molar-refractivity contribution in [2.45, 2.75) is 32.7 Å². The van der Waals surface area contributed by atoms with Gasteiger partial charge in [-0.1, -0.05) is 13.0 Å². The Morgan fingerprint density at radius 2 is 1.81 bits per heavy atom. The Labute approximate surface area is 97.8 Å². The Morgan fingerprint density at radius 3 is 2.25 bits per heavy atom. The van der Waals surface area contributed by atoms with Crippen LogP contribution in [-0.2, 0) is 5.54 Å². The summed E-state index contributed by atoms with van der Waals surface area (Å²) in [5.41, 5.74) is 15.0. The van der Waals surface area contributed by atoms with Crippen molar-refractivity contribution in [2.75, 3.05) is 13.7 Å². The van der Waals surface area contributed by atoms with E-state index in [9.17, 15) is 0 Å². The number of hydrogen-bond acceptors (Lipinski definition) is 3. The lowest BCUT2D eigenvalue weighted by molar-refractivity contribution is 0.373. The van der Waals surface area contributed by atoms with E-state index in [0.29, 0.717) is 6.54 Å². The van der Waals surface area contributed by atoms with E-state index in [4.69, 9.17) is 16.2 Å². The Kier molecular flexibility index (Phi) is 3.94. The lowest BCUT2D eigenvalue weighted by Gasteiger charge is -2.29. The molecule has 0 fully saturated rings. The minimum Gasteiger partial charge on any atom is -0.496 e. The van der Waals surface area contributed by atoms with E-state index in [1.54, 1.807) is 7.11 Å². The first-order chi connectivity index (χ1) is 7.48. The second kappa shape index (κ2) is 4.85. The zero-order valence-electron chi connectivity index (χ0n) is 10.6. The molecule has 0 radical (unpaired) electrons. The maximum atomic E-state index is 6.31. The van der Waals surface area contributed by atoms with Gasteiger partial charge in [0, 0.05) is 12.1 Å². The first kappa shape index (κ1) is 13.0.